The van der Waals surface area contributed by atoms with Crippen molar-refractivity contribution in [1.82, 2.24) is 4.90 Å². The Kier molecular flexibility index (Phi) is 7.02. The summed E-state index contributed by atoms with van der Waals surface area (Å²) in [6, 6.07) is 17.8. The van der Waals surface area contributed by atoms with Crippen LogP contribution >= 0.6 is 0 Å². The number of carbonyl (C=O) groups excluding carboxylic acids is 1. The van der Waals surface area contributed by atoms with Gasteiger partial charge in [-0.15, -0.1) is 0 Å². The summed E-state index contributed by atoms with van der Waals surface area (Å²) >= 11 is 0. The number of carbonyl (C=O) groups is 1. The molecule has 0 aliphatic heterocycles. The third-order valence-corrected chi connectivity index (χ3v) is 6.70. The number of para-hydroxylation sites is 3. The third kappa shape index (κ3) is 5.85. The summed E-state index contributed by atoms with van der Waals surface area (Å²) in [6.45, 7) is 0.673. The van der Waals surface area contributed by atoms with Gasteiger partial charge in [-0.3, -0.25) is 0 Å². The molecular weight excluding hydrogens is 459 g/mol. The predicted octanol–water partition coefficient (Wildman–Crippen LogP) is 5.05. The van der Waals surface area contributed by atoms with Gasteiger partial charge in [0.1, 0.15) is 22.2 Å². The zero-order chi connectivity index (χ0) is 24.1. The first-order valence-electron chi connectivity index (χ1n) is 10.8. The lowest BCUT2D eigenvalue weighted by Crippen LogP contribution is -2.36. The number of halogens is 1. The zero-order valence-corrected chi connectivity index (χ0v) is 19.4. The molecule has 178 valence electrons. The van der Waals surface area contributed by atoms with Gasteiger partial charge in [-0.05, 0) is 61.2 Å². The maximum Gasteiger partial charge on any atom is 0.339 e. The van der Waals surface area contributed by atoms with Gasteiger partial charge in [-0.2, -0.15) is 8.42 Å². The molecule has 4 rings (SSSR count). The van der Waals surface area contributed by atoms with E-state index in [-0.39, 0.29) is 23.2 Å². The number of ether oxygens (including phenoxy) is 1. The first-order chi connectivity index (χ1) is 16.4. The highest BCUT2D eigenvalue weighted by Gasteiger charge is 2.28. The third-order valence-electron chi connectivity index (χ3n) is 5.45. The molecular formula is C25H25FN2O5S. The van der Waals surface area contributed by atoms with Crippen molar-refractivity contribution < 1.29 is 26.5 Å². The Morgan fingerprint density at radius 3 is 2.32 bits per heavy atom. The van der Waals surface area contributed by atoms with Crippen LogP contribution in [0.4, 0.5) is 14.9 Å². The van der Waals surface area contributed by atoms with E-state index < -0.39 is 15.9 Å². The quantitative estimate of drug-likeness (QED) is 0.430. The van der Waals surface area contributed by atoms with E-state index >= 15 is 0 Å². The fourth-order valence-corrected chi connectivity index (χ4v) is 4.43. The lowest BCUT2D eigenvalue weighted by Gasteiger charge is -2.24. The van der Waals surface area contributed by atoms with Crippen LogP contribution in [0.3, 0.4) is 0 Å². The number of rotatable bonds is 9. The predicted molar refractivity (Wildman–Crippen MR) is 126 cm³/mol. The molecule has 0 radical (unpaired) electrons. The van der Waals surface area contributed by atoms with Crippen molar-refractivity contribution in [3.8, 4) is 11.5 Å². The minimum Gasteiger partial charge on any atom is -0.495 e. The van der Waals surface area contributed by atoms with E-state index in [0.29, 0.717) is 29.5 Å². The molecule has 0 aromatic heterocycles. The van der Waals surface area contributed by atoms with Crippen molar-refractivity contribution in [3.05, 3.63) is 84.2 Å². The maximum atomic E-state index is 13.2. The van der Waals surface area contributed by atoms with Crippen LogP contribution in [0.5, 0.6) is 11.5 Å². The summed E-state index contributed by atoms with van der Waals surface area (Å²) in [5.41, 5.74) is 1.07. The topological polar surface area (TPSA) is 84.9 Å². The summed E-state index contributed by atoms with van der Waals surface area (Å²) in [6.07, 6.45) is 2.07. The number of amides is 2. The Hall–Kier alpha value is -3.59. The van der Waals surface area contributed by atoms with E-state index in [1.807, 2.05) is 6.07 Å². The number of methoxy groups -OCH3 is 1. The fourth-order valence-electron chi connectivity index (χ4n) is 3.46. The van der Waals surface area contributed by atoms with Crippen LogP contribution in [0.25, 0.3) is 0 Å². The van der Waals surface area contributed by atoms with E-state index in [2.05, 4.69) is 5.32 Å². The number of nitrogens with one attached hydrogen (secondary N) is 1. The monoisotopic (exact) mass is 484 g/mol. The van der Waals surface area contributed by atoms with Crippen molar-refractivity contribution >= 4 is 21.8 Å². The Bertz CT molecular complexity index is 1260. The van der Waals surface area contributed by atoms with Gasteiger partial charge < -0.3 is 19.1 Å². The van der Waals surface area contributed by atoms with Crippen LogP contribution in [0.15, 0.2) is 77.7 Å². The van der Waals surface area contributed by atoms with Gasteiger partial charge in [0.15, 0.2) is 0 Å². The highest BCUT2D eigenvalue weighted by atomic mass is 32.2. The molecule has 1 N–H and O–H groups in total. The minimum absolute atomic E-state index is 0.109. The van der Waals surface area contributed by atoms with E-state index in [0.717, 1.165) is 37.1 Å². The fraction of sp³-hybridized carbons (Fsp3) is 0.240. The molecule has 0 atom stereocenters. The molecule has 0 bridgehead atoms. The van der Waals surface area contributed by atoms with Gasteiger partial charge in [-0.1, -0.05) is 30.3 Å². The van der Waals surface area contributed by atoms with Crippen molar-refractivity contribution in [3.63, 3.8) is 0 Å². The summed E-state index contributed by atoms with van der Waals surface area (Å²) < 4.78 is 49.4. The van der Waals surface area contributed by atoms with Gasteiger partial charge in [0.2, 0.25) is 0 Å². The number of hydrogen-bond donors (Lipinski definition) is 1. The molecule has 34 heavy (non-hydrogen) atoms. The molecule has 7 nitrogen and oxygen atoms in total. The summed E-state index contributed by atoms with van der Waals surface area (Å²) in [5.74, 6) is 0.504. The summed E-state index contributed by atoms with van der Waals surface area (Å²) in [4.78, 5) is 14.6. The second-order valence-corrected chi connectivity index (χ2v) is 9.60. The number of benzene rings is 3. The smallest absolute Gasteiger partial charge is 0.339 e. The molecule has 1 aliphatic rings. The molecule has 3 aromatic rings. The number of anilines is 1. The lowest BCUT2D eigenvalue weighted by atomic mass is 10.2. The summed E-state index contributed by atoms with van der Waals surface area (Å²) in [7, 11) is -2.65. The van der Waals surface area contributed by atoms with E-state index in [4.69, 9.17) is 8.92 Å². The molecule has 1 saturated carbocycles. The second kappa shape index (κ2) is 10.1. The maximum absolute atomic E-state index is 13.2. The van der Waals surface area contributed by atoms with Gasteiger partial charge in [-0.25, -0.2) is 9.18 Å². The minimum atomic E-state index is -4.18. The van der Waals surface area contributed by atoms with E-state index in [9.17, 15) is 17.6 Å². The Balaban J connectivity index is 1.55. The highest BCUT2D eigenvalue weighted by Crippen LogP contribution is 2.32. The Morgan fingerprint density at radius 2 is 1.65 bits per heavy atom. The average molecular weight is 485 g/mol. The highest BCUT2D eigenvalue weighted by molar-refractivity contribution is 7.87. The first kappa shape index (κ1) is 23.6. The van der Waals surface area contributed by atoms with Crippen molar-refractivity contribution in [2.75, 3.05) is 19.0 Å². The van der Waals surface area contributed by atoms with Crippen LogP contribution in [0.1, 0.15) is 18.4 Å². The van der Waals surface area contributed by atoms with Gasteiger partial charge in [0.05, 0.1) is 19.3 Å². The van der Waals surface area contributed by atoms with Crippen LogP contribution in [-0.4, -0.2) is 33.0 Å². The molecule has 1 aliphatic carbocycles. The van der Waals surface area contributed by atoms with E-state index in [1.54, 1.807) is 41.3 Å². The summed E-state index contributed by atoms with van der Waals surface area (Å²) in [5, 5.41) is 2.88. The van der Waals surface area contributed by atoms with Crippen molar-refractivity contribution in [2.45, 2.75) is 24.3 Å². The SMILES string of the molecule is COc1ccccc1NC(=O)N(Cc1ccccc1OS(=O)(=O)c1ccc(F)cc1)CC1CC1. The standard InChI is InChI=1S/C25H25FN2O5S/c1-32-24-9-5-3-7-22(24)27-25(29)28(16-18-10-11-18)17-19-6-2-4-8-23(19)33-34(30,31)21-14-12-20(26)13-15-21/h2-9,12-15,18H,10-11,16-17H2,1H3,(H,27,29). The van der Waals surface area contributed by atoms with Gasteiger partial charge >= 0.3 is 16.1 Å². The largest absolute Gasteiger partial charge is 0.495 e. The zero-order valence-electron chi connectivity index (χ0n) is 18.6. The second-order valence-electron chi connectivity index (χ2n) is 8.05. The molecule has 9 heteroatoms. The van der Waals surface area contributed by atoms with Crippen LogP contribution in [-0.2, 0) is 16.7 Å². The normalized spacial score (nSPS) is 13.2. The number of nitrogens with zero attached hydrogens (tertiary/aromatic N) is 1. The first-order valence-corrected chi connectivity index (χ1v) is 12.2. The average Bonchev–Trinajstić information content (AvgIpc) is 3.64. The van der Waals surface area contributed by atoms with Crippen LogP contribution in [0.2, 0.25) is 0 Å². The molecule has 3 aromatic carbocycles. The van der Waals surface area contributed by atoms with Gasteiger partial charge in [0.25, 0.3) is 0 Å². The molecule has 0 heterocycles. The van der Waals surface area contributed by atoms with Crippen molar-refractivity contribution in [2.24, 2.45) is 5.92 Å². The lowest BCUT2D eigenvalue weighted by molar-refractivity contribution is 0.206. The van der Waals surface area contributed by atoms with E-state index in [1.165, 1.54) is 13.2 Å². The molecule has 0 spiro atoms. The molecule has 2 amide bonds. The Morgan fingerprint density at radius 1 is 1.00 bits per heavy atom. The van der Waals surface area contributed by atoms with Gasteiger partial charge in [0, 0.05) is 12.1 Å². The molecule has 0 saturated heterocycles. The number of urea groups is 1. The Labute approximate surface area is 198 Å². The molecule has 0 unspecified atom stereocenters. The molecule has 1 fully saturated rings. The van der Waals surface area contributed by atoms with Crippen LogP contribution < -0.4 is 14.2 Å². The van der Waals surface area contributed by atoms with Crippen molar-refractivity contribution in [1.29, 1.82) is 0 Å². The number of hydrogen-bond acceptors (Lipinski definition) is 5. The van der Waals surface area contributed by atoms with Crippen LogP contribution in [0, 0.1) is 11.7 Å².